The highest BCUT2D eigenvalue weighted by atomic mass is 35.5. The van der Waals surface area contributed by atoms with E-state index in [4.69, 9.17) is 16.7 Å². The van der Waals surface area contributed by atoms with Gasteiger partial charge in [-0.25, -0.2) is 0 Å². The van der Waals surface area contributed by atoms with E-state index in [2.05, 4.69) is 20.2 Å². The van der Waals surface area contributed by atoms with Crippen LogP contribution in [0.25, 0.3) is 5.65 Å². The van der Waals surface area contributed by atoms with Gasteiger partial charge < -0.3 is 10.0 Å². The van der Waals surface area contributed by atoms with Gasteiger partial charge in [-0.05, 0) is 42.5 Å². The molecule has 1 aliphatic rings. The summed E-state index contributed by atoms with van der Waals surface area (Å²) in [6.45, 7) is 1.60. The maximum Gasteiger partial charge on any atom is 0.303 e. The number of carboxylic acids is 1. The first-order valence-electron chi connectivity index (χ1n) is 6.48. The van der Waals surface area contributed by atoms with Crippen LogP contribution in [0.2, 0.25) is 5.28 Å². The highest BCUT2D eigenvalue weighted by Crippen LogP contribution is 2.24. The van der Waals surface area contributed by atoms with Gasteiger partial charge in [0.05, 0.1) is 0 Å². The fraction of sp³-hybridized carbons (Fsp3) is 0.500. The zero-order valence-corrected chi connectivity index (χ0v) is 11.5. The summed E-state index contributed by atoms with van der Waals surface area (Å²) in [4.78, 5) is 12.8. The topological polar surface area (TPSA) is 83.6 Å². The lowest BCUT2D eigenvalue weighted by Crippen LogP contribution is -2.35. The summed E-state index contributed by atoms with van der Waals surface area (Å²) in [5.74, 6) is 0.346. The minimum Gasteiger partial charge on any atom is -0.481 e. The van der Waals surface area contributed by atoms with E-state index in [0.717, 1.165) is 31.7 Å². The molecule has 1 aliphatic heterocycles. The van der Waals surface area contributed by atoms with Gasteiger partial charge in [-0.2, -0.15) is 4.52 Å². The van der Waals surface area contributed by atoms with Gasteiger partial charge in [0.25, 0.3) is 0 Å². The number of anilines is 1. The molecule has 2 aromatic rings. The van der Waals surface area contributed by atoms with Crippen molar-refractivity contribution >= 4 is 29.0 Å². The number of nitrogens with zero attached hydrogens (tertiary/aromatic N) is 5. The molecule has 0 bridgehead atoms. The van der Waals surface area contributed by atoms with Gasteiger partial charge in [0.2, 0.25) is 5.28 Å². The largest absolute Gasteiger partial charge is 0.481 e. The fourth-order valence-corrected chi connectivity index (χ4v) is 2.70. The van der Waals surface area contributed by atoms with Crippen molar-refractivity contribution in [3.63, 3.8) is 0 Å². The molecule has 1 N–H and O–H groups in total. The van der Waals surface area contributed by atoms with E-state index in [1.165, 1.54) is 4.52 Å². The average molecular weight is 296 g/mol. The quantitative estimate of drug-likeness (QED) is 0.923. The van der Waals surface area contributed by atoms with Crippen LogP contribution in [-0.2, 0) is 4.79 Å². The van der Waals surface area contributed by atoms with Crippen molar-refractivity contribution in [2.24, 2.45) is 5.92 Å². The molecule has 20 heavy (non-hydrogen) atoms. The van der Waals surface area contributed by atoms with Crippen molar-refractivity contribution in [3.05, 3.63) is 17.4 Å². The summed E-state index contributed by atoms with van der Waals surface area (Å²) in [5, 5.41) is 21.1. The van der Waals surface area contributed by atoms with Crippen molar-refractivity contribution in [1.29, 1.82) is 0 Å². The number of halogens is 1. The summed E-state index contributed by atoms with van der Waals surface area (Å²) in [6, 6.07) is 3.71. The number of hydrogen-bond donors (Lipinski definition) is 1. The second-order valence-corrected chi connectivity index (χ2v) is 5.30. The normalized spacial score (nSPS) is 16.8. The van der Waals surface area contributed by atoms with Crippen LogP contribution in [0.4, 0.5) is 5.82 Å². The summed E-state index contributed by atoms with van der Waals surface area (Å²) >= 11 is 5.91. The summed E-state index contributed by atoms with van der Waals surface area (Å²) in [6.07, 6.45) is 1.97. The fourth-order valence-electron chi connectivity index (χ4n) is 2.53. The highest BCUT2D eigenvalue weighted by Gasteiger charge is 2.22. The number of hydrogen-bond acceptors (Lipinski definition) is 5. The maximum absolute atomic E-state index is 10.7. The van der Waals surface area contributed by atoms with Crippen molar-refractivity contribution < 1.29 is 9.90 Å². The molecule has 3 heterocycles. The van der Waals surface area contributed by atoms with Crippen molar-refractivity contribution in [2.75, 3.05) is 18.0 Å². The molecule has 1 fully saturated rings. The molecule has 0 amide bonds. The Morgan fingerprint density at radius 3 is 2.80 bits per heavy atom. The monoisotopic (exact) mass is 295 g/mol. The number of carbonyl (C=O) groups is 1. The predicted molar refractivity (Wildman–Crippen MR) is 73.0 cm³/mol. The van der Waals surface area contributed by atoms with E-state index in [9.17, 15) is 4.79 Å². The molecule has 7 nitrogen and oxygen atoms in total. The Morgan fingerprint density at radius 1 is 1.35 bits per heavy atom. The molecule has 2 aromatic heterocycles. The lowest BCUT2D eigenvalue weighted by molar-refractivity contribution is -0.138. The third-order valence-corrected chi connectivity index (χ3v) is 3.85. The number of rotatable bonds is 3. The van der Waals surface area contributed by atoms with Crippen LogP contribution in [0.15, 0.2) is 12.1 Å². The van der Waals surface area contributed by atoms with Crippen LogP contribution < -0.4 is 4.90 Å². The molecule has 0 radical (unpaired) electrons. The Hall–Kier alpha value is -1.89. The number of aromatic nitrogens is 4. The lowest BCUT2D eigenvalue weighted by Gasteiger charge is -2.31. The molecule has 0 aliphatic carbocycles. The van der Waals surface area contributed by atoms with Gasteiger partial charge in [-0.15, -0.1) is 15.3 Å². The van der Waals surface area contributed by atoms with Crippen molar-refractivity contribution in [2.45, 2.75) is 19.3 Å². The Kier molecular flexibility index (Phi) is 3.43. The molecule has 0 spiro atoms. The van der Waals surface area contributed by atoms with E-state index < -0.39 is 5.97 Å². The summed E-state index contributed by atoms with van der Waals surface area (Å²) < 4.78 is 1.50. The molecule has 8 heteroatoms. The number of piperidine rings is 1. The highest BCUT2D eigenvalue weighted by molar-refractivity contribution is 6.28. The molecule has 3 rings (SSSR count). The van der Waals surface area contributed by atoms with E-state index in [1.54, 1.807) is 0 Å². The van der Waals surface area contributed by atoms with Crippen molar-refractivity contribution in [1.82, 2.24) is 19.8 Å². The molecule has 0 aromatic carbocycles. The van der Waals surface area contributed by atoms with Gasteiger partial charge in [0.15, 0.2) is 5.65 Å². The van der Waals surface area contributed by atoms with Crippen LogP contribution in [-0.4, -0.2) is 44.0 Å². The maximum atomic E-state index is 10.7. The van der Waals surface area contributed by atoms with Crippen LogP contribution in [0.3, 0.4) is 0 Å². The van der Waals surface area contributed by atoms with E-state index in [0.29, 0.717) is 5.65 Å². The third-order valence-electron chi connectivity index (χ3n) is 3.61. The average Bonchev–Trinajstić information content (AvgIpc) is 2.80. The molecule has 0 unspecified atom stereocenters. The smallest absolute Gasteiger partial charge is 0.303 e. The molecule has 0 atom stereocenters. The van der Waals surface area contributed by atoms with Crippen LogP contribution in [0.5, 0.6) is 0 Å². The number of fused-ring (bicyclic) bond motifs is 1. The van der Waals surface area contributed by atoms with Gasteiger partial charge >= 0.3 is 5.97 Å². The number of aliphatic carboxylic acids is 1. The minimum atomic E-state index is -0.723. The van der Waals surface area contributed by atoms with Gasteiger partial charge in [0.1, 0.15) is 5.82 Å². The molecular formula is C12H14ClN5O2. The first-order valence-corrected chi connectivity index (χ1v) is 6.86. The molecule has 0 saturated carbocycles. The third kappa shape index (κ3) is 2.53. The number of carboxylic acid groups (broad SMARTS) is 1. The first-order chi connectivity index (χ1) is 9.63. The van der Waals surface area contributed by atoms with Gasteiger partial charge in [-0.1, -0.05) is 0 Å². The first kappa shape index (κ1) is 13.1. The molecule has 106 valence electrons. The Bertz CT molecular complexity index is 636. The Balaban J connectivity index is 1.73. The van der Waals surface area contributed by atoms with E-state index in [-0.39, 0.29) is 17.6 Å². The van der Waals surface area contributed by atoms with Gasteiger partial charge in [0, 0.05) is 19.5 Å². The van der Waals surface area contributed by atoms with Crippen LogP contribution >= 0.6 is 11.6 Å². The van der Waals surface area contributed by atoms with E-state index >= 15 is 0 Å². The lowest BCUT2D eigenvalue weighted by atomic mass is 9.94. The van der Waals surface area contributed by atoms with Crippen LogP contribution in [0, 0.1) is 5.92 Å². The standard InChI is InChI=1S/C12H14ClN5O2/c13-12-15-14-9-1-2-10(16-18(9)12)17-5-3-8(4-6-17)7-11(19)20/h1-2,8H,3-7H2,(H,19,20). The summed E-state index contributed by atoms with van der Waals surface area (Å²) in [5.41, 5.74) is 0.611. The van der Waals surface area contributed by atoms with E-state index in [1.807, 2.05) is 12.1 Å². The van der Waals surface area contributed by atoms with Crippen molar-refractivity contribution in [3.8, 4) is 0 Å². The second kappa shape index (κ2) is 5.24. The van der Waals surface area contributed by atoms with Crippen LogP contribution in [0.1, 0.15) is 19.3 Å². The second-order valence-electron chi connectivity index (χ2n) is 4.96. The zero-order chi connectivity index (χ0) is 14.1. The van der Waals surface area contributed by atoms with Gasteiger partial charge in [-0.3, -0.25) is 4.79 Å². The molecule has 1 saturated heterocycles. The Morgan fingerprint density at radius 2 is 2.10 bits per heavy atom. The zero-order valence-electron chi connectivity index (χ0n) is 10.7. The molecular weight excluding hydrogens is 282 g/mol. The Labute approximate surface area is 120 Å². The predicted octanol–water partition coefficient (Wildman–Crippen LogP) is 1.47. The SMILES string of the molecule is O=C(O)CC1CCN(c2ccc3nnc(Cl)n3n2)CC1. The summed E-state index contributed by atoms with van der Waals surface area (Å²) in [7, 11) is 0. The minimum absolute atomic E-state index is 0.239.